The molecule has 2 rings (SSSR count). The highest BCUT2D eigenvalue weighted by atomic mass is 32.1. The predicted octanol–water partition coefficient (Wildman–Crippen LogP) is 1.40. The molecule has 0 bridgehead atoms. The Morgan fingerprint density at radius 2 is 2.45 bits per heavy atom. The van der Waals surface area contributed by atoms with Crippen molar-refractivity contribution in [2.45, 2.75) is 24.9 Å². The lowest BCUT2D eigenvalue weighted by Crippen LogP contribution is -2.50. The first-order chi connectivity index (χ1) is 9.66. The summed E-state index contributed by atoms with van der Waals surface area (Å²) in [4.78, 5) is 14.1. The third-order valence-electron chi connectivity index (χ3n) is 3.64. The fraction of sp³-hybridized carbons (Fsp3) is 0.643. The Labute approximate surface area is 124 Å². The maximum atomic E-state index is 11.9. The van der Waals surface area contributed by atoms with E-state index in [0.717, 1.165) is 25.9 Å². The molecule has 1 saturated heterocycles. The van der Waals surface area contributed by atoms with Crippen molar-refractivity contribution in [1.29, 1.82) is 0 Å². The standard InChI is InChI=1S/C14H24N4OS/c1-18(2)13(11-5-7-20-10-11)9-16-14(19)17-12-4-3-6-15-8-12/h5,7,10,12-13,15H,3-4,6,8-9H2,1-2H3,(H2,16,17,19). The van der Waals surface area contributed by atoms with E-state index < -0.39 is 0 Å². The average Bonchev–Trinajstić information content (AvgIpc) is 2.93. The van der Waals surface area contributed by atoms with Gasteiger partial charge in [-0.15, -0.1) is 0 Å². The first kappa shape index (κ1) is 15.3. The Balaban J connectivity index is 1.78. The van der Waals surface area contributed by atoms with E-state index in [2.05, 4.69) is 37.7 Å². The zero-order valence-corrected chi connectivity index (χ0v) is 13.0. The smallest absolute Gasteiger partial charge is 0.315 e. The fourth-order valence-electron chi connectivity index (χ4n) is 2.46. The number of carbonyl (C=O) groups excluding carboxylic acids is 1. The normalized spacial score (nSPS) is 20.6. The second kappa shape index (κ2) is 7.61. The molecular formula is C14H24N4OS. The molecule has 3 N–H and O–H groups in total. The summed E-state index contributed by atoms with van der Waals surface area (Å²) < 4.78 is 0. The van der Waals surface area contributed by atoms with Gasteiger partial charge in [0.1, 0.15) is 0 Å². The van der Waals surface area contributed by atoms with Gasteiger partial charge < -0.3 is 20.9 Å². The zero-order chi connectivity index (χ0) is 14.4. The Kier molecular flexibility index (Phi) is 5.82. The van der Waals surface area contributed by atoms with Crippen molar-refractivity contribution in [2.24, 2.45) is 0 Å². The molecule has 2 unspecified atom stereocenters. The SMILES string of the molecule is CN(C)C(CNC(=O)NC1CCCNC1)c1ccsc1. The van der Waals surface area contributed by atoms with E-state index in [1.165, 1.54) is 5.56 Å². The lowest BCUT2D eigenvalue weighted by atomic mass is 10.1. The van der Waals surface area contributed by atoms with Crippen LogP contribution in [0.4, 0.5) is 4.79 Å². The number of nitrogens with one attached hydrogen (secondary N) is 3. The van der Waals surface area contributed by atoms with Gasteiger partial charge in [-0.1, -0.05) is 0 Å². The van der Waals surface area contributed by atoms with Gasteiger partial charge >= 0.3 is 6.03 Å². The second-order valence-electron chi connectivity index (χ2n) is 5.43. The lowest BCUT2D eigenvalue weighted by molar-refractivity contribution is 0.226. The summed E-state index contributed by atoms with van der Waals surface area (Å²) in [5, 5.41) is 13.5. The van der Waals surface area contributed by atoms with E-state index >= 15 is 0 Å². The van der Waals surface area contributed by atoms with Gasteiger partial charge in [0.05, 0.1) is 6.04 Å². The zero-order valence-electron chi connectivity index (χ0n) is 12.2. The summed E-state index contributed by atoms with van der Waals surface area (Å²) in [6.45, 7) is 2.55. The van der Waals surface area contributed by atoms with Crippen LogP contribution in [0.5, 0.6) is 0 Å². The van der Waals surface area contributed by atoms with Crippen molar-refractivity contribution < 1.29 is 4.79 Å². The van der Waals surface area contributed by atoms with E-state index in [0.29, 0.717) is 6.54 Å². The van der Waals surface area contributed by atoms with Crippen LogP contribution in [-0.2, 0) is 0 Å². The Hall–Kier alpha value is -1.11. The summed E-state index contributed by atoms with van der Waals surface area (Å²) >= 11 is 1.68. The number of nitrogens with zero attached hydrogens (tertiary/aromatic N) is 1. The molecule has 0 saturated carbocycles. The van der Waals surface area contributed by atoms with E-state index in [1.54, 1.807) is 11.3 Å². The number of likely N-dealkylation sites (N-methyl/N-ethyl adjacent to an activating group) is 1. The van der Waals surface area contributed by atoms with E-state index in [-0.39, 0.29) is 18.1 Å². The van der Waals surface area contributed by atoms with Crippen molar-refractivity contribution in [2.75, 3.05) is 33.7 Å². The average molecular weight is 296 g/mol. The largest absolute Gasteiger partial charge is 0.336 e. The first-order valence-electron chi connectivity index (χ1n) is 7.10. The molecule has 2 heterocycles. The van der Waals surface area contributed by atoms with E-state index in [1.807, 2.05) is 14.1 Å². The van der Waals surface area contributed by atoms with Gasteiger partial charge in [0.15, 0.2) is 0 Å². The molecule has 6 heteroatoms. The van der Waals surface area contributed by atoms with Crippen LogP contribution in [0, 0.1) is 0 Å². The van der Waals surface area contributed by atoms with E-state index in [9.17, 15) is 4.79 Å². The number of amides is 2. The maximum absolute atomic E-state index is 11.9. The quantitative estimate of drug-likeness (QED) is 0.770. The summed E-state index contributed by atoms with van der Waals surface area (Å²) in [5.41, 5.74) is 1.25. The Bertz CT molecular complexity index is 401. The number of urea groups is 1. The van der Waals surface area contributed by atoms with Crippen molar-refractivity contribution >= 4 is 17.4 Å². The maximum Gasteiger partial charge on any atom is 0.315 e. The second-order valence-corrected chi connectivity index (χ2v) is 6.21. The van der Waals surface area contributed by atoms with Crippen molar-refractivity contribution in [3.63, 3.8) is 0 Å². The molecule has 2 amide bonds. The molecule has 5 nitrogen and oxygen atoms in total. The van der Waals surface area contributed by atoms with Crippen LogP contribution in [0.3, 0.4) is 0 Å². The van der Waals surface area contributed by atoms with Crippen molar-refractivity contribution in [3.05, 3.63) is 22.4 Å². The number of rotatable bonds is 5. The van der Waals surface area contributed by atoms with Crippen LogP contribution >= 0.6 is 11.3 Å². The van der Waals surface area contributed by atoms with Crippen LogP contribution in [0.25, 0.3) is 0 Å². The molecule has 1 aromatic rings. The minimum Gasteiger partial charge on any atom is -0.336 e. The third-order valence-corrected chi connectivity index (χ3v) is 4.34. The molecule has 0 radical (unpaired) electrons. The molecule has 2 atom stereocenters. The molecule has 1 aliphatic heterocycles. The van der Waals surface area contributed by atoms with Gasteiger partial charge in [-0.2, -0.15) is 11.3 Å². The van der Waals surface area contributed by atoms with Crippen molar-refractivity contribution in [3.8, 4) is 0 Å². The highest BCUT2D eigenvalue weighted by Gasteiger charge is 2.18. The molecule has 1 aliphatic rings. The fourth-order valence-corrected chi connectivity index (χ4v) is 3.17. The minimum atomic E-state index is -0.0687. The Morgan fingerprint density at radius 3 is 3.05 bits per heavy atom. The van der Waals surface area contributed by atoms with Gasteiger partial charge in [-0.3, -0.25) is 0 Å². The number of thiophene rings is 1. The highest BCUT2D eigenvalue weighted by molar-refractivity contribution is 7.07. The summed E-state index contributed by atoms with van der Waals surface area (Å²) in [6, 6.07) is 2.51. The molecule has 1 aromatic heterocycles. The number of hydrogen-bond donors (Lipinski definition) is 3. The molecule has 0 aromatic carbocycles. The number of carbonyl (C=O) groups is 1. The highest BCUT2D eigenvalue weighted by Crippen LogP contribution is 2.19. The molecule has 20 heavy (non-hydrogen) atoms. The number of piperidine rings is 1. The molecule has 0 spiro atoms. The molecule has 112 valence electrons. The van der Waals surface area contributed by atoms with Gasteiger partial charge in [0.25, 0.3) is 0 Å². The first-order valence-corrected chi connectivity index (χ1v) is 8.04. The lowest BCUT2D eigenvalue weighted by Gasteiger charge is -2.26. The van der Waals surface area contributed by atoms with Crippen LogP contribution in [0.1, 0.15) is 24.4 Å². The monoisotopic (exact) mass is 296 g/mol. The van der Waals surface area contributed by atoms with Gasteiger partial charge in [0, 0.05) is 19.1 Å². The van der Waals surface area contributed by atoms with Crippen LogP contribution < -0.4 is 16.0 Å². The molecule has 0 aliphatic carbocycles. The Morgan fingerprint density at radius 1 is 1.60 bits per heavy atom. The van der Waals surface area contributed by atoms with Crippen molar-refractivity contribution in [1.82, 2.24) is 20.9 Å². The number of hydrogen-bond acceptors (Lipinski definition) is 4. The minimum absolute atomic E-state index is 0.0687. The van der Waals surface area contributed by atoms with Gasteiger partial charge in [-0.25, -0.2) is 4.79 Å². The van der Waals surface area contributed by atoms with Crippen LogP contribution in [0.15, 0.2) is 16.8 Å². The summed E-state index contributed by atoms with van der Waals surface area (Å²) in [6.07, 6.45) is 2.18. The topological polar surface area (TPSA) is 56.4 Å². The molecule has 1 fully saturated rings. The van der Waals surface area contributed by atoms with E-state index in [4.69, 9.17) is 0 Å². The summed E-state index contributed by atoms with van der Waals surface area (Å²) in [5.74, 6) is 0. The van der Waals surface area contributed by atoms with Crippen LogP contribution in [0.2, 0.25) is 0 Å². The van der Waals surface area contributed by atoms with Gasteiger partial charge in [-0.05, 0) is 55.9 Å². The van der Waals surface area contributed by atoms with Gasteiger partial charge in [0.2, 0.25) is 0 Å². The van der Waals surface area contributed by atoms with Crippen LogP contribution in [-0.4, -0.2) is 50.7 Å². The molecular weight excluding hydrogens is 272 g/mol. The predicted molar refractivity (Wildman–Crippen MR) is 83.2 cm³/mol. The third kappa shape index (κ3) is 4.47. The summed E-state index contributed by atoms with van der Waals surface area (Å²) in [7, 11) is 4.07.